The maximum absolute atomic E-state index is 11.8. The van der Waals surface area contributed by atoms with Crippen LogP contribution >= 0.6 is 0 Å². The van der Waals surface area contributed by atoms with Crippen molar-refractivity contribution in [2.45, 2.75) is 19.8 Å². The number of furan rings is 1. The molecule has 0 unspecified atom stereocenters. The molecule has 116 valence electrons. The summed E-state index contributed by atoms with van der Waals surface area (Å²) >= 11 is 0. The lowest BCUT2D eigenvalue weighted by Gasteiger charge is -2.09. The van der Waals surface area contributed by atoms with Gasteiger partial charge in [-0.05, 0) is 31.0 Å². The number of amides is 2. The van der Waals surface area contributed by atoms with Gasteiger partial charge in [-0.2, -0.15) is 0 Å². The zero-order valence-corrected chi connectivity index (χ0v) is 12.5. The van der Waals surface area contributed by atoms with Crippen molar-refractivity contribution < 1.29 is 18.7 Å². The van der Waals surface area contributed by atoms with Crippen LogP contribution in [-0.4, -0.2) is 18.9 Å². The molecule has 0 radical (unpaired) electrons. The molecule has 2 amide bonds. The molecule has 0 spiro atoms. The highest BCUT2D eigenvalue weighted by atomic mass is 16.5. The van der Waals surface area contributed by atoms with E-state index in [1.54, 1.807) is 20.1 Å². The minimum atomic E-state index is -0.406. The Balaban J connectivity index is 1.81. The average Bonchev–Trinajstić information content (AvgIpc) is 2.97. The van der Waals surface area contributed by atoms with Crippen LogP contribution in [0.2, 0.25) is 0 Å². The Morgan fingerprint density at radius 2 is 1.95 bits per heavy atom. The van der Waals surface area contributed by atoms with E-state index in [1.165, 1.54) is 6.26 Å². The van der Waals surface area contributed by atoms with Gasteiger partial charge in [-0.15, -0.1) is 0 Å². The third-order valence-electron chi connectivity index (χ3n) is 3.23. The Morgan fingerprint density at radius 1 is 1.18 bits per heavy atom. The number of hydrazine groups is 1. The number of ether oxygens (including phenoxy) is 1. The van der Waals surface area contributed by atoms with E-state index in [4.69, 9.17) is 9.15 Å². The molecule has 0 bridgehead atoms. The van der Waals surface area contributed by atoms with Gasteiger partial charge in [-0.1, -0.05) is 18.2 Å². The molecule has 0 atom stereocenters. The topological polar surface area (TPSA) is 80.6 Å². The lowest BCUT2D eigenvalue weighted by Crippen LogP contribution is -2.41. The van der Waals surface area contributed by atoms with E-state index in [0.717, 1.165) is 11.3 Å². The molecule has 0 saturated carbocycles. The van der Waals surface area contributed by atoms with E-state index in [0.29, 0.717) is 17.7 Å². The lowest BCUT2D eigenvalue weighted by molar-refractivity contribution is -0.121. The predicted octanol–water partition coefficient (Wildman–Crippen LogP) is 1.99. The highest BCUT2D eigenvalue weighted by Crippen LogP contribution is 2.18. The van der Waals surface area contributed by atoms with Gasteiger partial charge < -0.3 is 9.15 Å². The lowest BCUT2D eigenvalue weighted by atomic mass is 10.1. The van der Waals surface area contributed by atoms with Crippen LogP contribution in [0.25, 0.3) is 0 Å². The van der Waals surface area contributed by atoms with Crippen LogP contribution < -0.4 is 15.6 Å². The van der Waals surface area contributed by atoms with E-state index < -0.39 is 5.91 Å². The van der Waals surface area contributed by atoms with E-state index in [-0.39, 0.29) is 12.3 Å². The third kappa shape index (κ3) is 3.88. The molecule has 1 aromatic heterocycles. The first kappa shape index (κ1) is 15.6. The van der Waals surface area contributed by atoms with Crippen molar-refractivity contribution in [3.63, 3.8) is 0 Å². The first-order valence-electron chi connectivity index (χ1n) is 6.87. The second-order valence-corrected chi connectivity index (χ2v) is 4.70. The SMILES string of the molecule is COc1ccccc1CCC(=O)NNC(=O)c1ccoc1C. The smallest absolute Gasteiger partial charge is 0.273 e. The first-order valence-corrected chi connectivity index (χ1v) is 6.87. The number of carbonyl (C=O) groups is 2. The largest absolute Gasteiger partial charge is 0.496 e. The van der Waals surface area contributed by atoms with Gasteiger partial charge in [0.1, 0.15) is 11.5 Å². The number of aryl methyl sites for hydroxylation is 2. The van der Waals surface area contributed by atoms with Gasteiger partial charge in [0.25, 0.3) is 5.91 Å². The fourth-order valence-corrected chi connectivity index (χ4v) is 2.03. The summed E-state index contributed by atoms with van der Waals surface area (Å²) in [7, 11) is 1.59. The van der Waals surface area contributed by atoms with Crippen molar-refractivity contribution in [3.05, 3.63) is 53.5 Å². The summed E-state index contributed by atoms with van der Waals surface area (Å²) in [6.45, 7) is 1.68. The van der Waals surface area contributed by atoms with Crippen LogP contribution in [-0.2, 0) is 11.2 Å². The van der Waals surface area contributed by atoms with Gasteiger partial charge in [0.05, 0.1) is 18.9 Å². The number of carbonyl (C=O) groups excluding carboxylic acids is 2. The van der Waals surface area contributed by atoms with Crippen molar-refractivity contribution in [1.82, 2.24) is 10.9 Å². The Labute approximate surface area is 128 Å². The molecule has 0 saturated heterocycles. The van der Waals surface area contributed by atoms with Crippen molar-refractivity contribution in [3.8, 4) is 5.75 Å². The molecule has 0 aliphatic rings. The van der Waals surface area contributed by atoms with Gasteiger partial charge in [0.2, 0.25) is 5.91 Å². The fourth-order valence-electron chi connectivity index (χ4n) is 2.03. The van der Waals surface area contributed by atoms with Crippen LogP contribution in [0.4, 0.5) is 0 Å². The Kier molecular flexibility index (Phi) is 5.19. The molecule has 2 N–H and O–H groups in total. The molecule has 2 aromatic rings. The number of methoxy groups -OCH3 is 1. The van der Waals surface area contributed by atoms with Gasteiger partial charge in [-0.25, -0.2) is 0 Å². The monoisotopic (exact) mass is 302 g/mol. The van der Waals surface area contributed by atoms with E-state index in [9.17, 15) is 9.59 Å². The van der Waals surface area contributed by atoms with Crippen LogP contribution in [0.1, 0.15) is 28.1 Å². The number of hydrogen-bond donors (Lipinski definition) is 2. The molecule has 1 heterocycles. The van der Waals surface area contributed by atoms with E-state index in [2.05, 4.69) is 10.9 Å². The summed E-state index contributed by atoms with van der Waals surface area (Å²) in [5.74, 6) is 0.562. The first-order chi connectivity index (χ1) is 10.6. The highest BCUT2D eigenvalue weighted by Gasteiger charge is 2.12. The second-order valence-electron chi connectivity index (χ2n) is 4.70. The van der Waals surface area contributed by atoms with Crippen LogP contribution in [0, 0.1) is 6.92 Å². The highest BCUT2D eigenvalue weighted by molar-refractivity contribution is 5.96. The summed E-state index contributed by atoms with van der Waals surface area (Å²) < 4.78 is 10.3. The van der Waals surface area contributed by atoms with Crippen molar-refractivity contribution in [2.75, 3.05) is 7.11 Å². The number of nitrogens with one attached hydrogen (secondary N) is 2. The van der Waals surface area contributed by atoms with Crippen LogP contribution in [0.3, 0.4) is 0 Å². The standard InChI is InChI=1S/C16H18N2O4/c1-11-13(9-10-22-11)16(20)18-17-15(19)8-7-12-5-3-4-6-14(12)21-2/h3-6,9-10H,7-8H2,1-2H3,(H,17,19)(H,18,20). The molecular formula is C16H18N2O4. The summed E-state index contributed by atoms with van der Waals surface area (Å²) in [5, 5.41) is 0. The van der Waals surface area contributed by atoms with Gasteiger partial charge in [0.15, 0.2) is 0 Å². The van der Waals surface area contributed by atoms with Crippen LogP contribution in [0.15, 0.2) is 41.0 Å². The summed E-state index contributed by atoms with van der Waals surface area (Å²) in [5.41, 5.74) is 6.08. The predicted molar refractivity (Wildman–Crippen MR) is 80.4 cm³/mol. The maximum Gasteiger partial charge on any atom is 0.273 e. The minimum absolute atomic E-state index is 0.241. The third-order valence-corrected chi connectivity index (χ3v) is 3.23. The van der Waals surface area contributed by atoms with Gasteiger partial charge in [0, 0.05) is 6.42 Å². The second kappa shape index (κ2) is 7.31. The number of benzene rings is 1. The molecule has 0 aliphatic carbocycles. The average molecular weight is 302 g/mol. The zero-order chi connectivity index (χ0) is 15.9. The van der Waals surface area contributed by atoms with Crippen molar-refractivity contribution in [1.29, 1.82) is 0 Å². The minimum Gasteiger partial charge on any atom is -0.496 e. The van der Waals surface area contributed by atoms with Gasteiger partial charge in [-0.3, -0.25) is 20.4 Å². The molecule has 6 heteroatoms. The Bertz CT molecular complexity index is 664. The normalized spacial score (nSPS) is 10.1. The molecule has 0 aliphatic heterocycles. The summed E-state index contributed by atoms with van der Waals surface area (Å²) in [4.78, 5) is 23.6. The molecule has 22 heavy (non-hydrogen) atoms. The van der Waals surface area contributed by atoms with Crippen molar-refractivity contribution >= 4 is 11.8 Å². The van der Waals surface area contributed by atoms with E-state index in [1.807, 2.05) is 24.3 Å². The fraction of sp³-hybridized carbons (Fsp3) is 0.250. The Hall–Kier alpha value is -2.76. The zero-order valence-electron chi connectivity index (χ0n) is 12.5. The number of para-hydroxylation sites is 1. The molecular weight excluding hydrogens is 284 g/mol. The Morgan fingerprint density at radius 3 is 2.64 bits per heavy atom. The quantitative estimate of drug-likeness (QED) is 0.828. The maximum atomic E-state index is 11.8. The molecule has 2 rings (SSSR count). The number of hydrogen-bond acceptors (Lipinski definition) is 4. The molecule has 6 nitrogen and oxygen atoms in total. The number of rotatable bonds is 5. The molecule has 0 fully saturated rings. The summed E-state index contributed by atoms with van der Waals surface area (Å²) in [6.07, 6.45) is 2.19. The summed E-state index contributed by atoms with van der Waals surface area (Å²) in [6, 6.07) is 9.05. The van der Waals surface area contributed by atoms with Gasteiger partial charge >= 0.3 is 0 Å². The molecule has 1 aromatic carbocycles. The van der Waals surface area contributed by atoms with Crippen LogP contribution in [0.5, 0.6) is 5.75 Å². The van der Waals surface area contributed by atoms with E-state index >= 15 is 0 Å². The van der Waals surface area contributed by atoms with Crippen molar-refractivity contribution in [2.24, 2.45) is 0 Å².